The van der Waals surface area contributed by atoms with Crippen LogP contribution in [0.25, 0.3) is 17.1 Å². The molecule has 1 atom stereocenters. The number of aromatic nitrogens is 7. The highest BCUT2D eigenvalue weighted by molar-refractivity contribution is 5.93. The summed E-state index contributed by atoms with van der Waals surface area (Å²) in [5.74, 6) is -2.00. The molecule has 10 nitrogen and oxygen atoms in total. The van der Waals surface area contributed by atoms with E-state index in [1.54, 1.807) is 17.8 Å². The minimum Gasteiger partial charge on any atom is -0.429 e. The Hall–Kier alpha value is -4.42. The van der Waals surface area contributed by atoms with Crippen LogP contribution in [0.4, 0.5) is 13.2 Å². The Labute approximate surface area is 195 Å². The van der Waals surface area contributed by atoms with E-state index in [9.17, 15) is 18.0 Å². The van der Waals surface area contributed by atoms with Gasteiger partial charge in [0.1, 0.15) is 23.1 Å². The maximum atomic E-state index is 14.4. The van der Waals surface area contributed by atoms with Gasteiger partial charge in [-0.2, -0.15) is 5.10 Å². The summed E-state index contributed by atoms with van der Waals surface area (Å²) in [6.07, 6.45) is 3.29. The molecule has 0 fully saturated rings. The van der Waals surface area contributed by atoms with Crippen LogP contribution in [-0.4, -0.2) is 51.5 Å². The van der Waals surface area contributed by atoms with Crippen molar-refractivity contribution in [3.8, 4) is 11.6 Å². The number of rotatable bonds is 4. The predicted molar refractivity (Wildman–Crippen MR) is 114 cm³/mol. The van der Waals surface area contributed by atoms with Crippen LogP contribution in [0.15, 0.2) is 47.7 Å². The molecule has 35 heavy (non-hydrogen) atoms. The zero-order valence-electron chi connectivity index (χ0n) is 18.2. The van der Waals surface area contributed by atoms with Crippen LogP contribution in [0.5, 0.6) is 0 Å². The van der Waals surface area contributed by atoms with Crippen LogP contribution in [-0.2, 0) is 13.5 Å². The van der Waals surface area contributed by atoms with E-state index in [0.29, 0.717) is 23.5 Å². The fourth-order valence-corrected chi connectivity index (χ4v) is 4.36. The van der Waals surface area contributed by atoms with Gasteiger partial charge in [0, 0.05) is 31.9 Å². The third kappa shape index (κ3) is 3.30. The van der Waals surface area contributed by atoms with Crippen LogP contribution >= 0.6 is 0 Å². The van der Waals surface area contributed by atoms with Crippen molar-refractivity contribution in [3.05, 3.63) is 77.6 Å². The van der Waals surface area contributed by atoms with Gasteiger partial charge in [-0.25, -0.2) is 32.6 Å². The molecule has 0 spiro atoms. The van der Waals surface area contributed by atoms with E-state index in [-0.39, 0.29) is 18.0 Å². The largest absolute Gasteiger partial charge is 0.429 e. The average molecular weight is 482 g/mol. The number of aromatic amines is 1. The number of imidazole rings is 2. The Morgan fingerprint density at radius 2 is 2.20 bits per heavy atom. The lowest BCUT2D eigenvalue weighted by Crippen LogP contribution is -2.41. The third-order valence-corrected chi connectivity index (χ3v) is 6.03. The molecule has 1 aliphatic heterocycles. The topological polar surface area (TPSA) is 110 Å². The van der Waals surface area contributed by atoms with Gasteiger partial charge >= 0.3 is 0 Å². The number of aryl methyl sites for hydroxylation is 1. The van der Waals surface area contributed by atoms with Gasteiger partial charge in [-0.3, -0.25) is 4.79 Å². The summed E-state index contributed by atoms with van der Waals surface area (Å²) in [5, 5.41) is 4.44. The second-order valence-corrected chi connectivity index (χ2v) is 8.10. The number of hydrogen-bond donors (Lipinski definition) is 1. The smallest absolute Gasteiger partial charge is 0.292 e. The molecule has 178 valence electrons. The molecule has 6 heterocycles. The van der Waals surface area contributed by atoms with E-state index < -0.39 is 35.6 Å². The van der Waals surface area contributed by atoms with E-state index >= 15 is 0 Å². The van der Waals surface area contributed by atoms with Crippen molar-refractivity contribution in [1.29, 1.82) is 0 Å². The molecular weight excluding hydrogens is 465 g/mol. The molecule has 0 aliphatic carbocycles. The van der Waals surface area contributed by atoms with Crippen molar-refractivity contribution < 1.29 is 22.4 Å². The monoisotopic (exact) mass is 482 g/mol. The van der Waals surface area contributed by atoms with Crippen LogP contribution in [0, 0.1) is 5.82 Å². The third-order valence-electron chi connectivity index (χ3n) is 6.03. The second-order valence-electron chi connectivity index (χ2n) is 8.10. The first-order chi connectivity index (χ1) is 16.9. The fraction of sp³-hybridized carbons (Fsp3) is 0.227. The Bertz CT molecular complexity index is 1570. The van der Waals surface area contributed by atoms with Gasteiger partial charge < -0.3 is 18.9 Å². The Morgan fingerprint density at radius 3 is 2.94 bits per heavy atom. The van der Waals surface area contributed by atoms with Gasteiger partial charge in [0.25, 0.3) is 12.3 Å². The maximum Gasteiger partial charge on any atom is 0.292 e. The molecular formula is C22H17F3N8O2. The number of hydrogen-bond acceptors (Lipinski definition) is 6. The molecule has 0 saturated carbocycles. The van der Waals surface area contributed by atoms with Gasteiger partial charge in [-0.15, -0.1) is 0 Å². The van der Waals surface area contributed by atoms with Crippen molar-refractivity contribution in [2.24, 2.45) is 7.05 Å². The first kappa shape index (κ1) is 21.1. The molecule has 0 unspecified atom stereocenters. The molecule has 1 N–H and O–H groups in total. The molecule has 0 saturated heterocycles. The highest BCUT2D eigenvalue weighted by Gasteiger charge is 2.40. The lowest BCUT2D eigenvalue weighted by Gasteiger charge is -2.33. The van der Waals surface area contributed by atoms with Crippen LogP contribution in [0.1, 0.15) is 45.8 Å². The summed E-state index contributed by atoms with van der Waals surface area (Å²) >= 11 is 0. The van der Waals surface area contributed by atoms with Gasteiger partial charge in [0.2, 0.25) is 11.7 Å². The second kappa shape index (κ2) is 7.82. The van der Waals surface area contributed by atoms with E-state index in [1.807, 2.05) is 0 Å². The first-order valence-corrected chi connectivity index (χ1v) is 10.6. The van der Waals surface area contributed by atoms with Crippen LogP contribution in [0.3, 0.4) is 0 Å². The predicted octanol–water partition coefficient (Wildman–Crippen LogP) is 3.31. The van der Waals surface area contributed by atoms with Crippen molar-refractivity contribution in [2.45, 2.75) is 18.9 Å². The average Bonchev–Trinajstić information content (AvgIpc) is 3.62. The zero-order valence-corrected chi connectivity index (χ0v) is 18.2. The Balaban J connectivity index is 1.47. The minimum atomic E-state index is -3.05. The molecule has 0 aromatic carbocycles. The van der Waals surface area contributed by atoms with Crippen molar-refractivity contribution in [3.63, 3.8) is 0 Å². The maximum absolute atomic E-state index is 14.4. The summed E-state index contributed by atoms with van der Waals surface area (Å²) in [7, 11) is 1.65. The summed E-state index contributed by atoms with van der Waals surface area (Å²) in [6, 6.07) is 3.47. The molecule has 0 bridgehead atoms. The quantitative estimate of drug-likeness (QED) is 0.421. The highest BCUT2D eigenvalue weighted by atomic mass is 19.3. The lowest BCUT2D eigenvalue weighted by atomic mass is 9.99. The minimum absolute atomic E-state index is 0.146. The van der Waals surface area contributed by atoms with E-state index in [4.69, 9.17) is 4.42 Å². The molecule has 1 aliphatic rings. The number of oxazole rings is 1. The Kier molecular flexibility index (Phi) is 4.72. The normalized spacial score (nSPS) is 15.8. The molecule has 5 aromatic rings. The lowest BCUT2D eigenvalue weighted by molar-refractivity contribution is 0.0640. The van der Waals surface area contributed by atoms with Gasteiger partial charge in [0.15, 0.2) is 5.69 Å². The number of fused-ring (bicyclic) bond motifs is 2. The number of carbonyl (C=O) groups is 1. The summed E-state index contributed by atoms with van der Waals surface area (Å²) in [6.45, 7) is 0.166. The summed E-state index contributed by atoms with van der Waals surface area (Å²) in [4.78, 5) is 30.3. The Morgan fingerprint density at radius 1 is 1.34 bits per heavy atom. The standard InChI is InChI=1S/C22H17F3N8O2/c1-31-10-26-8-15(31)21-29-17(20(24)25)19(35-21)22(34)32-6-4-12-16(28-9-27-12)18(32)13-7-14-11(23)3-2-5-33(14)30-13/h2-3,5,7-10,18,20H,4,6H2,1H3,(H,27,28)/t18-/m0/s1. The SMILES string of the molecule is Cn1cncc1-c1nc(C(F)F)c(C(=O)N2CCc3[nH]cnc3[C@@H]2c2cc3c(F)cccn3n2)o1. The number of halogens is 3. The van der Waals surface area contributed by atoms with Gasteiger partial charge in [-0.1, -0.05) is 0 Å². The van der Waals surface area contributed by atoms with Gasteiger partial charge in [0.05, 0.1) is 30.2 Å². The van der Waals surface area contributed by atoms with Crippen molar-refractivity contribution >= 4 is 11.4 Å². The fourth-order valence-electron chi connectivity index (χ4n) is 4.36. The van der Waals surface area contributed by atoms with Gasteiger partial charge in [-0.05, 0) is 18.2 Å². The number of amides is 1. The summed E-state index contributed by atoms with van der Waals surface area (Å²) in [5.41, 5.74) is 1.40. The number of H-pyrrole nitrogens is 1. The number of alkyl halides is 2. The van der Waals surface area contributed by atoms with Crippen molar-refractivity contribution in [2.75, 3.05) is 6.54 Å². The molecule has 13 heteroatoms. The van der Waals surface area contributed by atoms with Crippen LogP contribution < -0.4 is 0 Å². The van der Waals surface area contributed by atoms with E-state index in [0.717, 1.165) is 5.69 Å². The molecule has 6 rings (SSSR count). The highest BCUT2D eigenvalue weighted by Crippen LogP contribution is 2.36. The van der Waals surface area contributed by atoms with Crippen molar-refractivity contribution in [1.82, 2.24) is 39.0 Å². The molecule has 1 amide bonds. The number of nitrogens with zero attached hydrogens (tertiary/aromatic N) is 7. The summed E-state index contributed by atoms with van der Waals surface area (Å²) < 4.78 is 50.7. The number of pyridine rings is 1. The number of nitrogens with one attached hydrogen (secondary N) is 1. The number of carbonyl (C=O) groups excluding carboxylic acids is 1. The molecule has 5 aromatic heterocycles. The zero-order chi connectivity index (χ0) is 24.3. The van der Waals surface area contributed by atoms with E-state index in [2.05, 4.69) is 25.0 Å². The van der Waals surface area contributed by atoms with E-state index in [1.165, 1.54) is 46.5 Å². The van der Waals surface area contributed by atoms with Crippen LogP contribution in [0.2, 0.25) is 0 Å². The first-order valence-electron chi connectivity index (χ1n) is 10.6. The molecule has 0 radical (unpaired) electrons.